The predicted molar refractivity (Wildman–Crippen MR) is 80.1 cm³/mol. The van der Waals surface area contributed by atoms with Crippen LogP contribution in [0.2, 0.25) is 5.02 Å². The van der Waals surface area contributed by atoms with Crippen LogP contribution in [0.5, 0.6) is 0 Å². The Morgan fingerprint density at radius 1 is 1.42 bits per heavy atom. The monoisotopic (exact) mass is 281 g/mol. The minimum atomic E-state index is 0.117. The first kappa shape index (κ1) is 14.0. The molecule has 0 radical (unpaired) electrons. The van der Waals surface area contributed by atoms with E-state index in [2.05, 4.69) is 10.6 Å². The van der Waals surface area contributed by atoms with Crippen LogP contribution in [0.3, 0.4) is 0 Å². The summed E-state index contributed by atoms with van der Waals surface area (Å²) in [7, 11) is 3.92. The van der Waals surface area contributed by atoms with Crippen molar-refractivity contribution in [3.05, 3.63) is 23.2 Å². The second kappa shape index (κ2) is 6.15. The first-order valence-corrected chi connectivity index (χ1v) is 6.94. The van der Waals surface area contributed by atoms with Gasteiger partial charge in [0.2, 0.25) is 5.91 Å². The zero-order valence-electron chi connectivity index (χ0n) is 11.4. The maximum atomic E-state index is 11.5. The molecule has 4 nitrogen and oxygen atoms in total. The molecule has 1 fully saturated rings. The molecule has 0 aliphatic carbocycles. The first-order chi connectivity index (χ1) is 9.06. The predicted octanol–water partition coefficient (Wildman–Crippen LogP) is 2.49. The Kier molecular flexibility index (Phi) is 4.53. The minimum Gasteiger partial charge on any atom is -0.382 e. The number of hydrogen-bond donors (Lipinski definition) is 2. The van der Waals surface area contributed by atoms with Crippen molar-refractivity contribution in [1.29, 1.82) is 0 Å². The Bertz CT molecular complexity index is 462. The molecule has 1 saturated heterocycles. The molecule has 1 aliphatic rings. The molecule has 1 atom stereocenters. The molecule has 0 aromatic heterocycles. The fourth-order valence-electron chi connectivity index (χ4n) is 2.29. The number of carbonyl (C=O) groups excluding carboxylic acids is 1. The topological polar surface area (TPSA) is 44.4 Å². The Balaban J connectivity index is 2.06. The van der Waals surface area contributed by atoms with Gasteiger partial charge in [0.1, 0.15) is 0 Å². The smallest absolute Gasteiger partial charge is 0.222 e. The number of amides is 1. The number of nitrogens with zero attached hydrogens (tertiary/aromatic N) is 1. The van der Waals surface area contributed by atoms with Crippen LogP contribution in [0.4, 0.5) is 11.4 Å². The van der Waals surface area contributed by atoms with Crippen LogP contribution in [0.1, 0.15) is 19.3 Å². The lowest BCUT2D eigenvalue weighted by atomic mass is 10.1. The Morgan fingerprint density at radius 3 is 2.89 bits per heavy atom. The summed E-state index contributed by atoms with van der Waals surface area (Å²) in [6.07, 6.45) is 2.52. The molecule has 19 heavy (non-hydrogen) atoms. The summed E-state index contributed by atoms with van der Waals surface area (Å²) in [5.74, 6) is 0.117. The van der Waals surface area contributed by atoms with Gasteiger partial charge in [-0.05, 0) is 31.0 Å². The van der Waals surface area contributed by atoms with Crippen molar-refractivity contribution in [2.24, 2.45) is 0 Å². The lowest BCUT2D eigenvalue weighted by Gasteiger charge is -2.19. The molecule has 2 N–H and O–H groups in total. The Hall–Kier alpha value is -1.42. The highest BCUT2D eigenvalue weighted by molar-refractivity contribution is 6.33. The molecule has 104 valence electrons. The van der Waals surface area contributed by atoms with Gasteiger partial charge in [0.15, 0.2) is 0 Å². The first-order valence-electron chi connectivity index (χ1n) is 6.56. The molecule has 5 heteroatoms. The van der Waals surface area contributed by atoms with E-state index in [-0.39, 0.29) is 11.9 Å². The van der Waals surface area contributed by atoms with E-state index in [0.717, 1.165) is 30.8 Å². The van der Waals surface area contributed by atoms with Gasteiger partial charge in [-0.1, -0.05) is 11.6 Å². The fourth-order valence-corrected chi connectivity index (χ4v) is 2.64. The summed E-state index contributed by atoms with van der Waals surface area (Å²) >= 11 is 6.24. The largest absolute Gasteiger partial charge is 0.382 e. The van der Waals surface area contributed by atoms with Crippen LogP contribution in [0.25, 0.3) is 0 Å². The van der Waals surface area contributed by atoms with Gasteiger partial charge in [-0.25, -0.2) is 0 Å². The van der Waals surface area contributed by atoms with Crippen LogP contribution in [-0.4, -0.2) is 32.6 Å². The quantitative estimate of drug-likeness (QED) is 0.895. The van der Waals surface area contributed by atoms with Crippen LogP contribution in [-0.2, 0) is 4.79 Å². The number of benzene rings is 1. The van der Waals surface area contributed by atoms with Crippen molar-refractivity contribution < 1.29 is 4.79 Å². The zero-order valence-corrected chi connectivity index (χ0v) is 12.1. The van der Waals surface area contributed by atoms with Crippen molar-refractivity contribution in [3.8, 4) is 0 Å². The second-order valence-electron chi connectivity index (χ2n) is 5.10. The number of rotatable bonds is 3. The summed E-state index contributed by atoms with van der Waals surface area (Å²) < 4.78 is 0. The van der Waals surface area contributed by atoms with Crippen molar-refractivity contribution in [1.82, 2.24) is 5.32 Å². The molecular formula is C14H20ClN3O. The van der Waals surface area contributed by atoms with E-state index in [4.69, 9.17) is 11.6 Å². The fraction of sp³-hybridized carbons (Fsp3) is 0.500. The van der Waals surface area contributed by atoms with Gasteiger partial charge in [0.25, 0.3) is 0 Å². The molecule has 1 amide bonds. The summed E-state index contributed by atoms with van der Waals surface area (Å²) in [5, 5.41) is 6.99. The third-order valence-corrected chi connectivity index (χ3v) is 3.59. The van der Waals surface area contributed by atoms with E-state index >= 15 is 0 Å². The third-order valence-electron chi connectivity index (χ3n) is 3.28. The van der Waals surface area contributed by atoms with E-state index < -0.39 is 0 Å². The van der Waals surface area contributed by atoms with E-state index in [9.17, 15) is 4.79 Å². The highest BCUT2D eigenvalue weighted by Crippen LogP contribution is 2.28. The minimum absolute atomic E-state index is 0.117. The molecule has 1 aromatic rings. The Morgan fingerprint density at radius 2 is 2.21 bits per heavy atom. The lowest BCUT2D eigenvalue weighted by Crippen LogP contribution is -2.26. The van der Waals surface area contributed by atoms with E-state index in [0.29, 0.717) is 11.4 Å². The second-order valence-corrected chi connectivity index (χ2v) is 5.51. The molecule has 1 aliphatic heterocycles. The number of anilines is 2. The summed E-state index contributed by atoms with van der Waals surface area (Å²) in [6.45, 7) is 0.775. The summed E-state index contributed by atoms with van der Waals surface area (Å²) in [4.78, 5) is 13.5. The molecule has 0 spiro atoms. The molecule has 0 bridgehead atoms. The molecule has 1 unspecified atom stereocenters. The van der Waals surface area contributed by atoms with Crippen molar-refractivity contribution >= 4 is 28.9 Å². The maximum Gasteiger partial charge on any atom is 0.222 e. The van der Waals surface area contributed by atoms with E-state index in [1.54, 1.807) is 0 Å². The zero-order chi connectivity index (χ0) is 13.8. The average Bonchev–Trinajstić information content (AvgIpc) is 2.53. The van der Waals surface area contributed by atoms with E-state index in [1.165, 1.54) is 0 Å². The van der Waals surface area contributed by atoms with Crippen LogP contribution >= 0.6 is 11.6 Å². The molecule has 0 saturated carbocycles. The third kappa shape index (κ3) is 3.77. The number of carbonyl (C=O) groups is 1. The molecule has 2 rings (SSSR count). The van der Waals surface area contributed by atoms with Gasteiger partial charge in [-0.3, -0.25) is 4.79 Å². The number of halogens is 1. The van der Waals surface area contributed by atoms with Crippen molar-refractivity contribution in [2.45, 2.75) is 25.3 Å². The van der Waals surface area contributed by atoms with E-state index in [1.807, 2.05) is 37.2 Å². The van der Waals surface area contributed by atoms with Gasteiger partial charge in [0, 0.05) is 38.8 Å². The SMILES string of the molecule is CN(C)c1ccc(NC2CCCNC(=O)C2)cc1Cl. The number of nitrogens with one attached hydrogen (secondary N) is 2. The Labute approximate surface area is 119 Å². The molecular weight excluding hydrogens is 262 g/mol. The van der Waals surface area contributed by atoms with Gasteiger partial charge < -0.3 is 15.5 Å². The molecule has 1 aromatic carbocycles. The van der Waals surface area contributed by atoms with Gasteiger partial charge in [-0.15, -0.1) is 0 Å². The van der Waals surface area contributed by atoms with Gasteiger partial charge in [-0.2, -0.15) is 0 Å². The van der Waals surface area contributed by atoms with Gasteiger partial charge in [0.05, 0.1) is 10.7 Å². The highest BCUT2D eigenvalue weighted by Gasteiger charge is 2.17. The van der Waals surface area contributed by atoms with Crippen LogP contribution < -0.4 is 15.5 Å². The standard InChI is InChI=1S/C14H20ClN3O/c1-18(2)13-6-5-11(8-12(13)15)17-10-4-3-7-16-14(19)9-10/h5-6,8,10,17H,3-4,7,9H2,1-2H3,(H,16,19). The summed E-state index contributed by atoms with van der Waals surface area (Å²) in [5.41, 5.74) is 1.96. The number of hydrogen-bond acceptors (Lipinski definition) is 3. The van der Waals surface area contributed by atoms with Crippen molar-refractivity contribution in [3.63, 3.8) is 0 Å². The average molecular weight is 282 g/mol. The maximum absolute atomic E-state index is 11.5. The lowest BCUT2D eigenvalue weighted by molar-refractivity contribution is -0.120. The van der Waals surface area contributed by atoms with Crippen LogP contribution in [0, 0.1) is 0 Å². The normalized spacial score (nSPS) is 19.5. The highest BCUT2D eigenvalue weighted by atomic mass is 35.5. The van der Waals surface area contributed by atoms with Crippen LogP contribution in [0.15, 0.2) is 18.2 Å². The summed E-state index contributed by atoms with van der Waals surface area (Å²) in [6, 6.07) is 6.09. The molecule has 1 heterocycles. The van der Waals surface area contributed by atoms with Crippen molar-refractivity contribution in [2.75, 3.05) is 30.9 Å². The van der Waals surface area contributed by atoms with Gasteiger partial charge >= 0.3 is 0 Å².